The van der Waals surface area contributed by atoms with Crippen molar-refractivity contribution in [3.63, 3.8) is 0 Å². The summed E-state index contributed by atoms with van der Waals surface area (Å²) >= 11 is 0. The Morgan fingerprint density at radius 1 is 1.00 bits per heavy atom. The second kappa shape index (κ2) is 8.98. The smallest absolute Gasteiger partial charge is 0.0713 e. The molecule has 3 heteroatoms. The van der Waals surface area contributed by atoms with Crippen molar-refractivity contribution in [2.24, 2.45) is 5.41 Å². The Labute approximate surface area is 201 Å². The molecule has 0 heterocycles. The summed E-state index contributed by atoms with van der Waals surface area (Å²) in [6, 6.07) is 28.8. The number of fused-ring (bicyclic) bond motifs is 4. The average Bonchev–Trinajstić information content (AvgIpc) is 2.98. The van der Waals surface area contributed by atoms with E-state index < -0.39 is 0 Å². The largest absolute Gasteiger partial charge is 0.380 e. The Morgan fingerprint density at radius 3 is 2.62 bits per heavy atom. The molecule has 3 aromatic rings. The maximum atomic E-state index is 5.39. The van der Waals surface area contributed by atoms with Crippen molar-refractivity contribution in [3.05, 3.63) is 106 Å². The maximum Gasteiger partial charge on any atom is 0.0713 e. The van der Waals surface area contributed by atoms with Gasteiger partial charge in [0.25, 0.3) is 0 Å². The molecule has 0 saturated carbocycles. The van der Waals surface area contributed by atoms with Crippen LogP contribution in [-0.4, -0.2) is 7.11 Å². The average molecular weight is 725 g/mol. The van der Waals surface area contributed by atoms with Gasteiger partial charge in [0.05, 0.1) is 6.61 Å². The Balaban J connectivity index is 0.00000120. The van der Waals surface area contributed by atoms with E-state index in [2.05, 4.69) is 79.7 Å². The predicted molar refractivity (Wildman–Crippen MR) is 108 cm³/mol. The Kier molecular flexibility index (Phi) is 7.01. The van der Waals surface area contributed by atoms with Crippen LogP contribution in [0.1, 0.15) is 52.1 Å². The van der Waals surface area contributed by atoms with Crippen LogP contribution in [0.15, 0.2) is 60.7 Å². The Morgan fingerprint density at radius 2 is 1.79 bits per heavy atom. The van der Waals surface area contributed by atoms with Gasteiger partial charge in [-0.25, -0.2) is 0 Å². The third kappa shape index (κ3) is 3.74. The fraction of sp³-hybridized carbons (Fsp3) is 0.308. The standard InChI is InChI=1S/C26H24O.2Re/c1-26-16-21-10-4-5-12-22(21)24(26)15-19-9-3-6-13-23(19)25(26)20-11-7-8-18(14-20)17-27-2;;/h3,5,7-14,24-25H,15-17H2,1-2H3;;/q-2;;/t24-,25+,26+;;/m0../s1. The van der Waals surface area contributed by atoms with Gasteiger partial charge < -0.3 is 4.74 Å². The monoisotopic (exact) mass is 726 g/mol. The molecule has 0 unspecified atom stereocenters. The van der Waals surface area contributed by atoms with E-state index in [1.165, 1.54) is 33.4 Å². The molecule has 2 aliphatic carbocycles. The molecule has 0 bridgehead atoms. The summed E-state index contributed by atoms with van der Waals surface area (Å²) in [5.74, 6) is 0.918. The van der Waals surface area contributed by atoms with Gasteiger partial charge in [-0.05, 0) is 29.2 Å². The number of methoxy groups -OCH3 is 1. The van der Waals surface area contributed by atoms with Crippen LogP contribution in [0.25, 0.3) is 0 Å². The number of benzene rings is 3. The normalized spacial score (nSPS) is 23.8. The van der Waals surface area contributed by atoms with E-state index in [4.69, 9.17) is 4.74 Å². The molecule has 1 nitrogen and oxygen atoms in total. The fourth-order valence-electron chi connectivity index (χ4n) is 5.60. The molecule has 0 amide bonds. The van der Waals surface area contributed by atoms with E-state index in [1.807, 2.05) is 0 Å². The summed E-state index contributed by atoms with van der Waals surface area (Å²) in [7, 11) is 1.76. The SMILES string of the molecule is COCc1cccc([C@@H]2c3c[c-]ccc3C[C@H]3c4cc[c-]cc4C[C@@]23C)c1.[Re].[Re]. The van der Waals surface area contributed by atoms with Gasteiger partial charge in [0.2, 0.25) is 0 Å². The van der Waals surface area contributed by atoms with Crippen molar-refractivity contribution in [3.8, 4) is 0 Å². The van der Waals surface area contributed by atoms with E-state index in [-0.39, 0.29) is 46.3 Å². The zero-order valence-electron chi connectivity index (χ0n) is 16.7. The van der Waals surface area contributed by atoms with E-state index in [0.29, 0.717) is 18.4 Å². The number of rotatable bonds is 3. The molecule has 2 radical (unpaired) electrons. The topological polar surface area (TPSA) is 9.23 Å². The quantitative estimate of drug-likeness (QED) is 0.327. The molecular weight excluding hydrogens is 701 g/mol. The summed E-state index contributed by atoms with van der Waals surface area (Å²) in [6.45, 7) is 3.14. The van der Waals surface area contributed by atoms with Gasteiger partial charge in [0.15, 0.2) is 0 Å². The zero-order valence-corrected chi connectivity index (χ0v) is 22.1. The van der Waals surface area contributed by atoms with Crippen molar-refractivity contribution in [1.82, 2.24) is 0 Å². The molecule has 29 heavy (non-hydrogen) atoms. The summed E-state index contributed by atoms with van der Waals surface area (Å²) in [5.41, 5.74) is 8.72. The minimum Gasteiger partial charge on any atom is -0.380 e. The Bertz CT molecular complexity index is 999. The molecule has 3 atom stereocenters. The van der Waals surface area contributed by atoms with Crippen LogP contribution in [0.5, 0.6) is 0 Å². The molecular formula is C26H24ORe2-2. The molecule has 0 aliphatic heterocycles. The van der Waals surface area contributed by atoms with Crippen molar-refractivity contribution in [2.75, 3.05) is 7.11 Å². The third-order valence-corrected chi connectivity index (χ3v) is 6.71. The van der Waals surface area contributed by atoms with Crippen LogP contribution in [0.3, 0.4) is 0 Å². The second-order valence-electron chi connectivity index (χ2n) is 8.30. The minimum absolute atomic E-state index is 0. The molecule has 3 aromatic carbocycles. The Hall–Kier alpha value is -1.06. The predicted octanol–water partition coefficient (Wildman–Crippen LogP) is 5.46. The first kappa shape index (κ1) is 22.6. The van der Waals surface area contributed by atoms with Crippen LogP contribution in [-0.2, 0) is 65.0 Å². The third-order valence-electron chi connectivity index (χ3n) is 6.71. The van der Waals surface area contributed by atoms with Gasteiger partial charge >= 0.3 is 0 Å². The van der Waals surface area contributed by atoms with Crippen molar-refractivity contribution in [1.29, 1.82) is 0 Å². The molecule has 150 valence electrons. The molecule has 0 saturated heterocycles. The second-order valence-corrected chi connectivity index (χ2v) is 8.30. The first-order valence-electron chi connectivity index (χ1n) is 9.76. The van der Waals surface area contributed by atoms with E-state index in [1.54, 1.807) is 7.11 Å². The number of hydrogen-bond donors (Lipinski definition) is 0. The zero-order chi connectivity index (χ0) is 18.4. The minimum atomic E-state index is 0. The van der Waals surface area contributed by atoms with E-state index in [9.17, 15) is 0 Å². The van der Waals surface area contributed by atoms with E-state index >= 15 is 0 Å². The first-order chi connectivity index (χ1) is 13.2. The molecule has 0 fully saturated rings. The fourth-order valence-corrected chi connectivity index (χ4v) is 5.60. The van der Waals surface area contributed by atoms with Gasteiger partial charge in [-0.1, -0.05) is 43.2 Å². The van der Waals surface area contributed by atoms with Crippen LogP contribution in [0.2, 0.25) is 0 Å². The van der Waals surface area contributed by atoms with Gasteiger partial charge in [-0.2, -0.15) is 65.2 Å². The van der Waals surface area contributed by atoms with Gasteiger partial charge in [0.1, 0.15) is 0 Å². The molecule has 5 rings (SSSR count). The maximum absolute atomic E-state index is 5.39. The first-order valence-corrected chi connectivity index (χ1v) is 9.76. The number of hydrogen-bond acceptors (Lipinski definition) is 1. The van der Waals surface area contributed by atoms with Crippen LogP contribution in [0.4, 0.5) is 0 Å². The van der Waals surface area contributed by atoms with Gasteiger partial charge in [0, 0.05) is 48.0 Å². The van der Waals surface area contributed by atoms with Crippen LogP contribution in [0, 0.1) is 17.5 Å². The van der Waals surface area contributed by atoms with Gasteiger partial charge in [-0.3, -0.25) is 0 Å². The summed E-state index contributed by atoms with van der Waals surface area (Å²) in [4.78, 5) is 0. The number of ether oxygens (including phenoxy) is 1. The van der Waals surface area contributed by atoms with Crippen LogP contribution < -0.4 is 0 Å². The summed E-state index contributed by atoms with van der Waals surface area (Å²) in [6.07, 6.45) is 2.23. The van der Waals surface area contributed by atoms with Crippen molar-refractivity contribution in [2.45, 2.75) is 38.2 Å². The van der Waals surface area contributed by atoms with Crippen LogP contribution >= 0.6 is 0 Å². The molecule has 2 aliphatic rings. The van der Waals surface area contributed by atoms with Crippen molar-refractivity contribution >= 4 is 0 Å². The summed E-state index contributed by atoms with van der Waals surface area (Å²) < 4.78 is 5.39. The van der Waals surface area contributed by atoms with E-state index in [0.717, 1.165) is 12.8 Å². The molecule has 0 aromatic heterocycles. The molecule has 0 spiro atoms. The summed E-state index contributed by atoms with van der Waals surface area (Å²) in [5, 5.41) is 0. The van der Waals surface area contributed by atoms with Gasteiger partial charge in [-0.15, -0.1) is 5.56 Å². The van der Waals surface area contributed by atoms with Crippen molar-refractivity contribution < 1.29 is 45.6 Å². The molecule has 0 N–H and O–H groups in total.